The lowest BCUT2D eigenvalue weighted by Crippen LogP contribution is -2.39. The summed E-state index contributed by atoms with van der Waals surface area (Å²) < 4.78 is 6.60. The van der Waals surface area contributed by atoms with E-state index in [1.807, 2.05) is 24.3 Å². The molecule has 8 nitrogen and oxygen atoms in total. The molecule has 0 saturated carbocycles. The van der Waals surface area contributed by atoms with E-state index in [4.69, 9.17) is 16.3 Å². The molecule has 2 rings (SSSR count). The Labute approximate surface area is 169 Å². The predicted molar refractivity (Wildman–Crippen MR) is 108 cm³/mol. The molecule has 0 fully saturated rings. The van der Waals surface area contributed by atoms with Crippen molar-refractivity contribution in [1.82, 2.24) is 20.0 Å². The molecule has 1 aromatic heterocycles. The molecule has 2 aromatic rings. The second-order valence-electron chi connectivity index (χ2n) is 6.38. The largest absolute Gasteiger partial charge is 0.385 e. The number of amides is 2. The number of ether oxygens (including phenoxy) is 1. The van der Waals surface area contributed by atoms with Crippen LogP contribution >= 0.6 is 11.6 Å². The Morgan fingerprint density at radius 2 is 1.96 bits per heavy atom. The summed E-state index contributed by atoms with van der Waals surface area (Å²) in [5.41, 5.74) is 0.908. The fourth-order valence-corrected chi connectivity index (χ4v) is 2.78. The number of methoxy groups -OCH3 is 1. The van der Waals surface area contributed by atoms with Crippen molar-refractivity contribution in [3.05, 3.63) is 47.1 Å². The number of anilines is 1. The maximum Gasteiger partial charge on any atom is 0.239 e. The fourth-order valence-electron chi connectivity index (χ4n) is 2.58. The standard InChI is InChI=1S/C19H26ClN5O3/c1-24(13-18(26)21-9-5-11-28-2)14-19(27)23-17-8-10-22-25(17)12-15-6-3-4-7-16(15)20/h3-4,6-8,10H,5,9,11-14H2,1-2H3,(H,21,26)(H,23,27). The third-order valence-electron chi connectivity index (χ3n) is 3.94. The smallest absolute Gasteiger partial charge is 0.239 e. The zero-order valence-corrected chi connectivity index (χ0v) is 16.9. The quantitative estimate of drug-likeness (QED) is 0.552. The van der Waals surface area contributed by atoms with Crippen molar-refractivity contribution < 1.29 is 14.3 Å². The van der Waals surface area contributed by atoms with Crippen molar-refractivity contribution in [1.29, 1.82) is 0 Å². The van der Waals surface area contributed by atoms with Crippen molar-refractivity contribution >= 4 is 29.2 Å². The van der Waals surface area contributed by atoms with Crippen LogP contribution in [0.2, 0.25) is 5.02 Å². The fraction of sp³-hybridized carbons (Fsp3) is 0.421. The van der Waals surface area contributed by atoms with Gasteiger partial charge in [-0.3, -0.25) is 14.5 Å². The number of nitrogens with one attached hydrogen (secondary N) is 2. The number of hydrogen-bond donors (Lipinski definition) is 2. The number of halogens is 1. The lowest BCUT2D eigenvalue weighted by Gasteiger charge is -2.16. The number of hydrogen-bond acceptors (Lipinski definition) is 5. The summed E-state index contributed by atoms with van der Waals surface area (Å²) in [5, 5.41) is 10.5. The van der Waals surface area contributed by atoms with Gasteiger partial charge < -0.3 is 15.4 Å². The van der Waals surface area contributed by atoms with Gasteiger partial charge in [0, 0.05) is 31.4 Å². The number of rotatable bonds is 11. The van der Waals surface area contributed by atoms with Crippen molar-refractivity contribution in [3.63, 3.8) is 0 Å². The molecule has 152 valence electrons. The van der Waals surface area contributed by atoms with Gasteiger partial charge in [-0.2, -0.15) is 5.10 Å². The highest BCUT2D eigenvalue weighted by Crippen LogP contribution is 2.18. The average Bonchev–Trinajstić information content (AvgIpc) is 3.07. The van der Waals surface area contributed by atoms with Crippen molar-refractivity contribution in [2.24, 2.45) is 0 Å². The van der Waals surface area contributed by atoms with Crippen LogP contribution in [0.15, 0.2) is 36.5 Å². The van der Waals surface area contributed by atoms with Gasteiger partial charge in [0.15, 0.2) is 0 Å². The summed E-state index contributed by atoms with van der Waals surface area (Å²) in [4.78, 5) is 25.8. The minimum Gasteiger partial charge on any atom is -0.385 e. The van der Waals surface area contributed by atoms with Crippen molar-refractivity contribution in [2.75, 3.05) is 45.7 Å². The first-order valence-corrected chi connectivity index (χ1v) is 9.36. The Morgan fingerprint density at radius 3 is 2.71 bits per heavy atom. The molecule has 28 heavy (non-hydrogen) atoms. The minimum absolute atomic E-state index is 0.0861. The first-order valence-electron chi connectivity index (χ1n) is 8.99. The number of carbonyl (C=O) groups is 2. The monoisotopic (exact) mass is 407 g/mol. The molecule has 0 bridgehead atoms. The lowest BCUT2D eigenvalue weighted by molar-refractivity contribution is -0.123. The van der Waals surface area contributed by atoms with Gasteiger partial charge >= 0.3 is 0 Å². The van der Waals surface area contributed by atoms with E-state index < -0.39 is 0 Å². The zero-order chi connectivity index (χ0) is 20.4. The maximum absolute atomic E-state index is 12.3. The number of carbonyl (C=O) groups excluding carboxylic acids is 2. The van der Waals surface area contributed by atoms with Gasteiger partial charge in [-0.25, -0.2) is 4.68 Å². The van der Waals surface area contributed by atoms with E-state index in [-0.39, 0.29) is 24.9 Å². The molecule has 2 amide bonds. The van der Waals surface area contributed by atoms with Crippen LogP contribution in [0.5, 0.6) is 0 Å². The van der Waals surface area contributed by atoms with Crippen LogP contribution in [0.3, 0.4) is 0 Å². The van der Waals surface area contributed by atoms with E-state index in [0.717, 1.165) is 12.0 Å². The second kappa shape index (κ2) is 11.4. The Balaban J connectivity index is 1.81. The number of likely N-dealkylation sites (N-methyl/N-ethyl adjacent to an activating group) is 1. The highest BCUT2D eigenvalue weighted by Gasteiger charge is 2.13. The van der Waals surface area contributed by atoms with Gasteiger partial charge in [-0.1, -0.05) is 29.8 Å². The van der Waals surface area contributed by atoms with Crippen LogP contribution in [-0.2, 0) is 20.9 Å². The minimum atomic E-state index is -0.226. The molecule has 1 heterocycles. The topological polar surface area (TPSA) is 88.5 Å². The molecule has 0 atom stereocenters. The van der Waals surface area contributed by atoms with E-state index in [9.17, 15) is 9.59 Å². The van der Waals surface area contributed by atoms with Gasteiger partial charge in [0.05, 0.1) is 25.8 Å². The summed E-state index contributed by atoms with van der Waals surface area (Å²) in [6, 6.07) is 9.21. The van der Waals surface area contributed by atoms with Crippen LogP contribution < -0.4 is 10.6 Å². The average molecular weight is 408 g/mol. The SMILES string of the molecule is COCCCNC(=O)CN(C)CC(=O)Nc1ccnn1Cc1ccccc1Cl. The van der Waals surface area contributed by atoms with Gasteiger partial charge in [0.25, 0.3) is 0 Å². The second-order valence-corrected chi connectivity index (χ2v) is 6.79. The predicted octanol–water partition coefficient (Wildman–Crippen LogP) is 1.61. The lowest BCUT2D eigenvalue weighted by atomic mass is 10.2. The van der Waals surface area contributed by atoms with Crippen molar-refractivity contribution in [2.45, 2.75) is 13.0 Å². The molecule has 0 aliphatic rings. The van der Waals surface area contributed by atoms with E-state index in [2.05, 4.69) is 15.7 Å². The molecule has 1 aromatic carbocycles. The summed E-state index contributed by atoms with van der Waals surface area (Å²) >= 11 is 6.19. The summed E-state index contributed by atoms with van der Waals surface area (Å²) in [5.74, 6) is 0.216. The normalized spacial score (nSPS) is 10.9. The number of benzene rings is 1. The molecule has 0 spiro atoms. The summed E-state index contributed by atoms with van der Waals surface area (Å²) in [6.45, 7) is 1.82. The number of nitrogens with zero attached hydrogens (tertiary/aromatic N) is 3. The van der Waals surface area contributed by atoms with Crippen molar-refractivity contribution in [3.8, 4) is 0 Å². The molecular weight excluding hydrogens is 382 g/mol. The van der Waals surface area contributed by atoms with E-state index in [1.54, 1.807) is 36.0 Å². The highest BCUT2D eigenvalue weighted by molar-refractivity contribution is 6.31. The van der Waals surface area contributed by atoms with E-state index >= 15 is 0 Å². The van der Waals surface area contributed by atoms with Gasteiger partial charge in [0.2, 0.25) is 11.8 Å². The Bertz CT molecular complexity index is 780. The van der Waals surface area contributed by atoms with Crippen LogP contribution in [0.1, 0.15) is 12.0 Å². The molecule has 2 N–H and O–H groups in total. The summed E-state index contributed by atoms with van der Waals surface area (Å²) in [6.07, 6.45) is 2.37. The van der Waals surface area contributed by atoms with Gasteiger partial charge in [-0.05, 0) is 25.1 Å². The van der Waals surface area contributed by atoms with E-state index in [0.29, 0.717) is 30.5 Å². The Hall–Kier alpha value is -2.42. The molecule has 0 aliphatic carbocycles. The summed E-state index contributed by atoms with van der Waals surface area (Å²) in [7, 11) is 3.34. The van der Waals surface area contributed by atoms with Crippen LogP contribution in [0.25, 0.3) is 0 Å². The molecule has 9 heteroatoms. The molecule has 0 unspecified atom stereocenters. The highest BCUT2D eigenvalue weighted by atomic mass is 35.5. The maximum atomic E-state index is 12.3. The molecule has 0 saturated heterocycles. The van der Waals surface area contributed by atoms with Crippen LogP contribution in [0.4, 0.5) is 5.82 Å². The van der Waals surface area contributed by atoms with Crippen LogP contribution in [0, 0.1) is 0 Å². The number of aromatic nitrogens is 2. The van der Waals surface area contributed by atoms with Gasteiger partial charge in [0.1, 0.15) is 5.82 Å². The first-order chi connectivity index (χ1) is 13.5. The molecular formula is C19H26ClN5O3. The third kappa shape index (κ3) is 7.30. The zero-order valence-electron chi connectivity index (χ0n) is 16.2. The van der Waals surface area contributed by atoms with Gasteiger partial charge in [-0.15, -0.1) is 0 Å². The third-order valence-corrected chi connectivity index (χ3v) is 4.31. The Kier molecular flexibility index (Phi) is 8.93. The first kappa shape index (κ1) is 21.9. The molecule has 0 radical (unpaired) electrons. The van der Waals surface area contributed by atoms with E-state index in [1.165, 1.54) is 0 Å². The van der Waals surface area contributed by atoms with Crippen LogP contribution in [-0.4, -0.2) is 66.9 Å². The molecule has 0 aliphatic heterocycles. The Morgan fingerprint density at radius 1 is 1.21 bits per heavy atom.